The molecule has 0 radical (unpaired) electrons. The molecule has 154 valence electrons. The molecule has 1 N–H and O–H groups in total. The first-order chi connectivity index (χ1) is 14.5. The number of hydrogen-bond donors (Lipinski definition) is 1. The number of aromatic amines is 1. The molecule has 0 saturated carbocycles. The fourth-order valence-electron chi connectivity index (χ4n) is 4.78. The molecule has 2 atom stereocenters. The van der Waals surface area contributed by atoms with Crippen molar-refractivity contribution in [2.24, 2.45) is 0 Å². The van der Waals surface area contributed by atoms with Gasteiger partial charge in [0, 0.05) is 30.1 Å². The van der Waals surface area contributed by atoms with Gasteiger partial charge in [0.1, 0.15) is 6.04 Å². The molecule has 0 aliphatic carbocycles. The minimum absolute atomic E-state index is 0.0315. The van der Waals surface area contributed by atoms with Crippen molar-refractivity contribution in [2.45, 2.75) is 18.5 Å². The number of aromatic nitrogens is 1. The highest BCUT2D eigenvalue weighted by Crippen LogP contribution is 2.44. The molecule has 7 heteroatoms. The van der Waals surface area contributed by atoms with Crippen LogP contribution in [0, 0.1) is 0 Å². The number of carbonyl (C=O) groups is 2. The van der Waals surface area contributed by atoms with E-state index in [0.717, 1.165) is 27.7 Å². The van der Waals surface area contributed by atoms with Crippen molar-refractivity contribution < 1.29 is 19.1 Å². The van der Waals surface area contributed by atoms with Gasteiger partial charge in [-0.2, -0.15) is 0 Å². The molecule has 0 bridgehead atoms. The van der Waals surface area contributed by atoms with Crippen LogP contribution in [0.3, 0.4) is 0 Å². The number of nitrogens with one attached hydrogen (secondary N) is 1. The highest BCUT2D eigenvalue weighted by Gasteiger charge is 2.47. The largest absolute Gasteiger partial charge is 0.493 e. The van der Waals surface area contributed by atoms with Gasteiger partial charge in [-0.3, -0.25) is 9.59 Å². The Morgan fingerprint density at radius 2 is 1.80 bits per heavy atom. The van der Waals surface area contributed by atoms with Gasteiger partial charge in [0.15, 0.2) is 11.5 Å². The van der Waals surface area contributed by atoms with Crippen molar-refractivity contribution in [2.75, 3.05) is 27.8 Å². The van der Waals surface area contributed by atoms with Crippen molar-refractivity contribution in [3.63, 3.8) is 0 Å². The van der Waals surface area contributed by atoms with Crippen molar-refractivity contribution in [1.29, 1.82) is 0 Å². The van der Waals surface area contributed by atoms with Gasteiger partial charge in [-0.1, -0.05) is 24.3 Å². The van der Waals surface area contributed by atoms with Crippen LogP contribution in [0.1, 0.15) is 22.9 Å². The van der Waals surface area contributed by atoms with E-state index in [2.05, 4.69) is 11.1 Å². The number of H-pyrrole nitrogens is 1. The average Bonchev–Trinajstić information content (AvgIpc) is 3.14. The van der Waals surface area contributed by atoms with Gasteiger partial charge in [0.25, 0.3) is 0 Å². The van der Waals surface area contributed by atoms with Gasteiger partial charge in [0.05, 0.1) is 26.8 Å². The molecule has 30 heavy (non-hydrogen) atoms. The Hall–Kier alpha value is -3.48. The molecule has 5 rings (SSSR count). The summed E-state index contributed by atoms with van der Waals surface area (Å²) in [4.78, 5) is 33.0. The molecule has 2 aliphatic heterocycles. The van der Waals surface area contributed by atoms with Crippen LogP contribution < -0.4 is 9.47 Å². The molecule has 7 nitrogen and oxygen atoms in total. The van der Waals surface area contributed by atoms with Crippen LogP contribution in [-0.4, -0.2) is 60.5 Å². The quantitative estimate of drug-likeness (QED) is 0.727. The number of nitrogens with zero attached hydrogens (tertiary/aromatic N) is 2. The molecule has 0 spiro atoms. The zero-order chi connectivity index (χ0) is 21.0. The van der Waals surface area contributed by atoms with Gasteiger partial charge in [-0.05, 0) is 29.3 Å². The Kier molecular flexibility index (Phi) is 4.20. The first-order valence-corrected chi connectivity index (χ1v) is 9.91. The lowest BCUT2D eigenvalue weighted by molar-refractivity contribution is -0.157. The van der Waals surface area contributed by atoms with Crippen LogP contribution in [0.2, 0.25) is 0 Å². The van der Waals surface area contributed by atoms with E-state index in [0.29, 0.717) is 17.9 Å². The van der Waals surface area contributed by atoms with Gasteiger partial charge >= 0.3 is 0 Å². The van der Waals surface area contributed by atoms with Crippen LogP contribution in [-0.2, 0) is 16.0 Å². The summed E-state index contributed by atoms with van der Waals surface area (Å²) in [7, 11) is 4.87. The van der Waals surface area contributed by atoms with E-state index in [9.17, 15) is 9.59 Å². The third kappa shape index (κ3) is 2.58. The van der Waals surface area contributed by atoms with Gasteiger partial charge in [-0.15, -0.1) is 0 Å². The molecule has 1 fully saturated rings. The van der Waals surface area contributed by atoms with Gasteiger partial charge in [-0.25, -0.2) is 0 Å². The van der Waals surface area contributed by atoms with Crippen molar-refractivity contribution >= 4 is 22.7 Å². The van der Waals surface area contributed by atoms with E-state index in [-0.39, 0.29) is 18.4 Å². The second-order valence-corrected chi connectivity index (χ2v) is 7.80. The molecular formula is C23H23N3O4. The molecule has 3 heterocycles. The Morgan fingerprint density at radius 3 is 2.57 bits per heavy atom. The van der Waals surface area contributed by atoms with E-state index in [1.165, 1.54) is 4.90 Å². The highest BCUT2D eigenvalue weighted by molar-refractivity contribution is 5.97. The first kappa shape index (κ1) is 18.5. The first-order valence-electron chi connectivity index (χ1n) is 9.91. The monoisotopic (exact) mass is 405 g/mol. The number of hydrogen-bond acceptors (Lipinski definition) is 4. The molecule has 3 aromatic rings. The SMILES string of the molecule is COc1ccc([C@H]2c3[nH]c4ccccc4c3C[C@@H]3C(=O)N(C)CC(=O)N23)cc1OC. The lowest BCUT2D eigenvalue weighted by Crippen LogP contribution is -2.62. The minimum Gasteiger partial charge on any atom is -0.493 e. The maximum Gasteiger partial charge on any atom is 0.245 e. The fourth-order valence-corrected chi connectivity index (χ4v) is 4.78. The van der Waals surface area contributed by atoms with E-state index in [4.69, 9.17) is 9.47 Å². The number of para-hydroxylation sites is 1. The molecule has 1 saturated heterocycles. The van der Waals surface area contributed by atoms with E-state index in [1.54, 1.807) is 26.2 Å². The number of likely N-dealkylation sites (N-methyl/N-ethyl adjacent to an activating group) is 1. The standard InChI is InChI=1S/C23H23N3O4/c1-25-12-20(27)26-17(23(25)28)11-15-14-6-4-5-7-16(14)24-21(15)22(26)13-8-9-18(29-2)19(10-13)30-3/h4-10,17,22,24H,11-12H2,1-3H3/t17-,22+/m1/s1. The number of carbonyl (C=O) groups excluding carboxylic acids is 2. The number of benzene rings is 2. The number of piperazine rings is 1. The smallest absolute Gasteiger partial charge is 0.245 e. The Labute approximate surface area is 174 Å². The van der Waals surface area contributed by atoms with E-state index in [1.807, 2.05) is 36.4 Å². The van der Waals surface area contributed by atoms with Crippen molar-refractivity contribution in [3.05, 3.63) is 59.3 Å². The van der Waals surface area contributed by atoms with Crippen molar-refractivity contribution in [1.82, 2.24) is 14.8 Å². The molecule has 2 amide bonds. The normalized spacial score (nSPS) is 20.9. The number of rotatable bonds is 3. The number of fused-ring (bicyclic) bond motifs is 4. The third-order valence-electron chi connectivity index (χ3n) is 6.18. The summed E-state index contributed by atoms with van der Waals surface area (Å²) in [5, 5.41) is 1.09. The van der Waals surface area contributed by atoms with Gasteiger partial charge in [0.2, 0.25) is 11.8 Å². The predicted molar refractivity (Wildman–Crippen MR) is 112 cm³/mol. The second-order valence-electron chi connectivity index (χ2n) is 7.80. The average molecular weight is 405 g/mol. The van der Waals surface area contributed by atoms with Crippen LogP contribution in [0.4, 0.5) is 0 Å². The lowest BCUT2D eigenvalue weighted by Gasteiger charge is -2.46. The minimum atomic E-state index is -0.527. The third-order valence-corrected chi connectivity index (χ3v) is 6.18. The zero-order valence-corrected chi connectivity index (χ0v) is 17.1. The summed E-state index contributed by atoms with van der Waals surface area (Å²) in [5.74, 6) is 1.11. The Morgan fingerprint density at radius 1 is 1.03 bits per heavy atom. The number of amides is 2. The molecule has 2 aromatic carbocycles. The van der Waals surface area contributed by atoms with E-state index < -0.39 is 12.1 Å². The summed E-state index contributed by atoms with van der Waals surface area (Å²) in [6, 6.07) is 12.8. The summed E-state index contributed by atoms with van der Waals surface area (Å²) in [6.07, 6.45) is 0.498. The Balaban J connectivity index is 1.75. The summed E-state index contributed by atoms with van der Waals surface area (Å²) >= 11 is 0. The number of ether oxygens (including phenoxy) is 2. The lowest BCUT2D eigenvalue weighted by atomic mass is 9.86. The van der Waals surface area contributed by atoms with Crippen LogP contribution >= 0.6 is 0 Å². The summed E-state index contributed by atoms with van der Waals surface area (Å²) < 4.78 is 10.9. The zero-order valence-electron chi connectivity index (χ0n) is 17.1. The second kappa shape index (κ2) is 6.79. The molecule has 1 aromatic heterocycles. The maximum atomic E-state index is 13.1. The molecule has 0 unspecified atom stereocenters. The molecule has 2 aliphatic rings. The predicted octanol–water partition coefficient (Wildman–Crippen LogP) is 2.50. The van der Waals surface area contributed by atoms with Crippen LogP contribution in [0.15, 0.2) is 42.5 Å². The summed E-state index contributed by atoms with van der Waals surface area (Å²) in [5.41, 5.74) is 3.91. The number of methoxy groups -OCH3 is 2. The van der Waals surface area contributed by atoms with E-state index >= 15 is 0 Å². The maximum absolute atomic E-state index is 13.1. The van der Waals surface area contributed by atoms with Crippen LogP contribution in [0.25, 0.3) is 10.9 Å². The Bertz CT molecular complexity index is 1170. The highest BCUT2D eigenvalue weighted by atomic mass is 16.5. The molecular weight excluding hydrogens is 382 g/mol. The summed E-state index contributed by atoms with van der Waals surface area (Å²) in [6.45, 7) is 0.0781. The van der Waals surface area contributed by atoms with Crippen molar-refractivity contribution in [3.8, 4) is 11.5 Å². The van der Waals surface area contributed by atoms with Gasteiger partial charge < -0.3 is 24.3 Å². The fraction of sp³-hybridized carbons (Fsp3) is 0.304. The topological polar surface area (TPSA) is 74.9 Å². The van der Waals surface area contributed by atoms with Crippen LogP contribution in [0.5, 0.6) is 11.5 Å².